The van der Waals surface area contributed by atoms with Gasteiger partial charge in [-0.3, -0.25) is 9.59 Å². The van der Waals surface area contributed by atoms with E-state index < -0.39 is 5.92 Å². The Bertz CT molecular complexity index is 228. The zero-order valence-electron chi connectivity index (χ0n) is 7.45. The molecule has 0 heterocycles. The lowest BCUT2D eigenvalue weighted by Crippen LogP contribution is -2.47. The van der Waals surface area contributed by atoms with Crippen LogP contribution in [0.3, 0.4) is 0 Å². The molecule has 3 atom stereocenters. The van der Waals surface area contributed by atoms with Gasteiger partial charge in [0.15, 0.2) is 0 Å². The topological polar surface area (TPSA) is 52.6 Å². The molecule has 1 fully saturated rings. The summed E-state index contributed by atoms with van der Waals surface area (Å²) in [6.45, 7) is 0. The highest BCUT2D eigenvalue weighted by Gasteiger charge is 2.49. The van der Waals surface area contributed by atoms with E-state index in [1.54, 1.807) is 0 Å². The van der Waals surface area contributed by atoms with Crippen LogP contribution in [0.1, 0.15) is 6.42 Å². The Morgan fingerprint density at radius 2 is 1.77 bits per heavy atom. The summed E-state index contributed by atoms with van der Waals surface area (Å²) >= 11 is 3.30. The smallest absolute Gasteiger partial charge is 0.310 e. The molecule has 13 heavy (non-hydrogen) atoms. The van der Waals surface area contributed by atoms with Gasteiger partial charge >= 0.3 is 11.9 Å². The molecule has 1 aliphatic carbocycles. The zero-order valence-corrected chi connectivity index (χ0v) is 9.04. The Morgan fingerprint density at radius 3 is 2.15 bits per heavy atom. The van der Waals surface area contributed by atoms with Crippen LogP contribution in [0.2, 0.25) is 0 Å². The first-order valence-electron chi connectivity index (χ1n) is 3.91. The van der Waals surface area contributed by atoms with Crippen molar-refractivity contribution >= 4 is 27.9 Å². The van der Waals surface area contributed by atoms with Crippen molar-refractivity contribution in [2.24, 2.45) is 11.8 Å². The monoisotopic (exact) mass is 250 g/mol. The Balaban J connectivity index is 2.61. The van der Waals surface area contributed by atoms with Crippen molar-refractivity contribution in [3.05, 3.63) is 0 Å². The van der Waals surface area contributed by atoms with E-state index in [9.17, 15) is 9.59 Å². The number of ether oxygens (including phenoxy) is 2. The van der Waals surface area contributed by atoms with E-state index in [4.69, 9.17) is 0 Å². The summed E-state index contributed by atoms with van der Waals surface area (Å²) in [5.41, 5.74) is 0. The molecule has 0 aromatic heterocycles. The van der Waals surface area contributed by atoms with Crippen LogP contribution < -0.4 is 0 Å². The van der Waals surface area contributed by atoms with Crippen molar-refractivity contribution < 1.29 is 19.1 Å². The first-order chi connectivity index (χ1) is 6.11. The second-order valence-electron chi connectivity index (χ2n) is 2.93. The molecule has 1 saturated carbocycles. The average Bonchev–Trinajstić information content (AvgIpc) is 2.12. The number of rotatable bonds is 2. The quantitative estimate of drug-likeness (QED) is 0.536. The lowest BCUT2D eigenvalue weighted by molar-refractivity contribution is -0.163. The highest BCUT2D eigenvalue weighted by atomic mass is 79.9. The van der Waals surface area contributed by atoms with E-state index in [1.807, 2.05) is 0 Å². The number of carbonyl (C=O) groups is 2. The SMILES string of the molecule is COC(=O)C1CC(Br)C1C(=O)OC. The Morgan fingerprint density at radius 1 is 1.23 bits per heavy atom. The largest absolute Gasteiger partial charge is 0.469 e. The molecule has 0 spiro atoms. The van der Waals surface area contributed by atoms with Gasteiger partial charge in [0, 0.05) is 4.83 Å². The van der Waals surface area contributed by atoms with Crippen LogP contribution in [0, 0.1) is 11.8 Å². The molecular weight excluding hydrogens is 240 g/mol. The third-order valence-corrected chi connectivity index (χ3v) is 3.22. The van der Waals surface area contributed by atoms with Crippen LogP contribution in [0.4, 0.5) is 0 Å². The number of alkyl halides is 1. The van der Waals surface area contributed by atoms with Crippen LogP contribution >= 0.6 is 15.9 Å². The average molecular weight is 251 g/mol. The zero-order chi connectivity index (χ0) is 10.0. The van der Waals surface area contributed by atoms with Gasteiger partial charge in [-0.05, 0) is 6.42 Å². The van der Waals surface area contributed by atoms with Gasteiger partial charge in [-0.15, -0.1) is 0 Å². The Labute approximate surface area is 84.7 Å². The van der Waals surface area contributed by atoms with E-state index >= 15 is 0 Å². The summed E-state index contributed by atoms with van der Waals surface area (Å²) in [7, 11) is 2.63. The van der Waals surface area contributed by atoms with E-state index in [0.29, 0.717) is 6.42 Å². The van der Waals surface area contributed by atoms with Crippen molar-refractivity contribution in [3.8, 4) is 0 Å². The van der Waals surface area contributed by atoms with Gasteiger partial charge in [-0.2, -0.15) is 0 Å². The van der Waals surface area contributed by atoms with Gasteiger partial charge in [-0.25, -0.2) is 0 Å². The molecule has 0 aromatic rings. The molecule has 4 nitrogen and oxygen atoms in total. The number of carbonyl (C=O) groups excluding carboxylic acids is 2. The molecule has 0 aliphatic heterocycles. The number of hydrogen-bond donors (Lipinski definition) is 0. The summed E-state index contributed by atoms with van der Waals surface area (Å²) in [4.78, 5) is 22.3. The normalized spacial score (nSPS) is 31.8. The van der Waals surface area contributed by atoms with Crippen LogP contribution in [-0.4, -0.2) is 31.0 Å². The number of methoxy groups -OCH3 is 2. The maximum atomic E-state index is 11.2. The van der Waals surface area contributed by atoms with E-state index in [0.717, 1.165) is 0 Å². The van der Waals surface area contributed by atoms with Crippen LogP contribution in [0.25, 0.3) is 0 Å². The summed E-state index contributed by atoms with van der Waals surface area (Å²) in [5, 5.41) is 0. The second-order valence-corrected chi connectivity index (χ2v) is 4.11. The first kappa shape index (κ1) is 10.5. The van der Waals surface area contributed by atoms with Crippen molar-refractivity contribution in [2.75, 3.05) is 14.2 Å². The molecule has 5 heteroatoms. The highest BCUT2D eigenvalue weighted by Crippen LogP contribution is 2.41. The van der Waals surface area contributed by atoms with Gasteiger partial charge in [-0.1, -0.05) is 15.9 Å². The van der Waals surface area contributed by atoms with Gasteiger partial charge in [0.05, 0.1) is 26.1 Å². The molecule has 1 rings (SSSR count). The fourth-order valence-electron chi connectivity index (χ4n) is 1.43. The van der Waals surface area contributed by atoms with Crippen LogP contribution in [0.5, 0.6) is 0 Å². The Kier molecular flexibility index (Phi) is 3.30. The van der Waals surface area contributed by atoms with Crippen LogP contribution in [0.15, 0.2) is 0 Å². The molecule has 0 radical (unpaired) electrons. The van der Waals surface area contributed by atoms with Crippen molar-refractivity contribution in [1.29, 1.82) is 0 Å². The fraction of sp³-hybridized carbons (Fsp3) is 0.750. The third kappa shape index (κ3) is 1.85. The first-order valence-corrected chi connectivity index (χ1v) is 4.83. The minimum atomic E-state index is -0.391. The van der Waals surface area contributed by atoms with Crippen molar-refractivity contribution in [3.63, 3.8) is 0 Å². The minimum Gasteiger partial charge on any atom is -0.469 e. The second kappa shape index (κ2) is 4.09. The van der Waals surface area contributed by atoms with Gasteiger partial charge < -0.3 is 9.47 Å². The molecule has 0 bridgehead atoms. The maximum absolute atomic E-state index is 11.2. The molecule has 74 valence electrons. The number of hydrogen-bond acceptors (Lipinski definition) is 4. The number of halogens is 1. The number of esters is 2. The summed E-state index contributed by atoms with van der Waals surface area (Å²) in [5.74, 6) is -1.44. The minimum absolute atomic E-state index is 0.0315. The summed E-state index contributed by atoms with van der Waals surface area (Å²) in [6.07, 6.45) is 0.631. The lowest BCUT2D eigenvalue weighted by Gasteiger charge is -2.37. The van der Waals surface area contributed by atoms with E-state index in [-0.39, 0.29) is 22.7 Å². The molecule has 0 aromatic carbocycles. The summed E-state index contributed by atoms with van der Waals surface area (Å²) < 4.78 is 9.13. The molecule has 0 amide bonds. The van der Waals surface area contributed by atoms with Gasteiger partial charge in [0.2, 0.25) is 0 Å². The van der Waals surface area contributed by atoms with Crippen molar-refractivity contribution in [1.82, 2.24) is 0 Å². The van der Waals surface area contributed by atoms with E-state index in [2.05, 4.69) is 25.4 Å². The van der Waals surface area contributed by atoms with Gasteiger partial charge in [0.25, 0.3) is 0 Å². The van der Waals surface area contributed by atoms with Crippen LogP contribution in [-0.2, 0) is 19.1 Å². The Hall–Kier alpha value is -0.580. The molecule has 0 N–H and O–H groups in total. The molecule has 0 saturated heterocycles. The third-order valence-electron chi connectivity index (χ3n) is 2.28. The molecule has 1 aliphatic rings. The fourth-order valence-corrected chi connectivity index (χ4v) is 2.42. The molecule has 3 unspecified atom stereocenters. The standard InChI is InChI=1S/C8H11BrO4/c1-12-7(10)4-3-5(9)6(4)8(11)13-2/h4-6H,3H2,1-2H3. The van der Waals surface area contributed by atoms with E-state index in [1.165, 1.54) is 14.2 Å². The van der Waals surface area contributed by atoms with Crippen molar-refractivity contribution in [2.45, 2.75) is 11.2 Å². The summed E-state index contributed by atoms with van der Waals surface area (Å²) in [6, 6.07) is 0. The molecular formula is C8H11BrO4. The maximum Gasteiger partial charge on any atom is 0.310 e. The van der Waals surface area contributed by atoms with Gasteiger partial charge in [0.1, 0.15) is 0 Å². The highest BCUT2D eigenvalue weighted by molar-refractivity contribution is 9.09. The lowest BCUT2D eigenvalue weighted by atomic mass is 9.73. The predicted octanol–water partition coefficient (Wildman–Crippen LogP) is 0.732. The predicted molar refractivity (Wildman–Crippen MR) is 48.3 cm³/mol.